The Kier molecular flexibility index (Phi) is 3.48. The van der Waals surface area contributed by atoms with Gasteiger partial charge in [0.25, 0.3) is 0 Å². The van der Waals surface area contributed by atoms with Crippen LogP contribution in [0.2, 0.25) is 0 Å². The predicted molar refractivity (Wildman–Crippen MR) is 76.8 cm³/mol. The van der Waals surface area contributed by atoms with Crippen LogP contribution in [0.25, 0.3) is 0 Å². The Labute approximate surface area is 118 Å². The van der Waals surface area contributed by atoms with Gasteiger partial charge in [-0.25, -0.2) is 9.78 Å². The highest BCUT2D eigenvalue weighted by Gasteiger charge is 2.31. The Morgan fingerprint density at radius 1 is 1.30 bits per heavy atom. The van der Waals surface area contributed by atoms with E-state index >= 15 is 0 Å². The number of rotatable bonds is 3. The molecule has 0 bridgehead atoms. The largest absolute Gasteiger partial charge is 0.464 e. The van der Waals surface area contributed by atoms with Crippen LogP contribution in [0, 0.1) is 0 Å². The zero-order chi connectivity index (χ0) is 14.1. The predicted octanol–water partition coefficient (Wildman–Crippen LogP) is 0.735. The summed E-state index contributed by atoms with van der Waals surface area (Å²) in [6.07, 6.45) is 2.66. The Hall–Kier alpha value is -1.82. The van der Waals surface area contributed by atoms with Gasteiger partial charge in [0.1, 0.15) is 0 Å². The van der Waals surface area contributed by atoms with Gasteiger partial charge in [0.2, 0.25) is 0 Å². The molecule has 0 amide bonds. The number of piperazine rings is 1. The number of hydrogen-bond donors (Lipinski definition) is 1. The van der Waals surface area contributed by atoms with Crippen molar-refractivity contribution in [3.05, 3.63) is 17.8 Å². The third-order valence-corrected chi connectivity index (χ3v) is 3.98. The molecule has 1 aromatic rings. The van der Waals surface area contributed by atoms with Gasteiger partial charge in [-0.3, -0.25) is 4.90 Å². The van der Waals surface area contributed by atoms with E-state index in [-0.39, 0.29) is 0 Å². The van der Waals surface area contributed by atoms with Crippen LogP contribution in [-0.4, -0.2) is 55.2 Å². The molecule has 0 atom stereocenters. The van der Waals surface area contributed by atoms with Crippen LogP contribution >= 0.6 is 0 Å². The third-order valence-electron chi connectivity index (χ3n) is 3.98. The molecule has 6 heteroatoms. The van der Waals surface area contributed by atoms with Gasteiger partial charge in [-0.2, -0.15) is 0 Å². The average Bonchev–Trinajstić information content (AvgIpc) is 3.32. The lowest BCUT2D eigenvalue weighted by molar-refractivity contribution is 0.0594. The van der Waals surface area contributed by atoms with E-state index in [1.54, 1.807) is 12.1 Å². The van der Waals surface area contributed by atoms with E-state index in [9.17, 15) is 4.79 Å². The minimum absolute atomic E-state index is 0.307. The molecular formula is C14H20N4O2. The molecule has 20 heavy (non-hydrogen) atoms. The number of methoxy groups -OCH3 is 1. The van der Waals surface area contributed by atoms with Crippen molar-refractivity contribution in [3.63, 3.8) is 0 Å². The molecule has 2 fully saturated rings. The first kappa shape index (κ1) is 13.2. The molecule has 108 valence electrons. The summed E-state index contributed by atoms with van der Waals surface area (Å²) in [5.74, 6) is 0.270. The number of anilines is 2. The molecule has 2 aliphatic rings. The fourth-order valence-corrected chi connectivity index (χ4v) is 2.67. The maximum Gasteiger partial charge on any atom is 0.356 e. The number of nitrogens with two attached hydrogens (primary N) is 1. The highest BCUT2D eigenvalue weighted by molar-refractivity contribution is 5.88. The zero-order valence-corrected chi connectivity index (χ0v) is 11.7. The first-order chi connectivity index (χ1) is 9.69. The quantitative estimate of drug-likeness (QED) is 0.821. The number of nitrogens with zero attached hydrogens (tertiary/aromatic N) is 3. The van der Waals surface area contributed by atoms with Crippen molar-refractivity contribution >= 4 is 17.5 Å². The number of aromatic nitrogens is 1. The molecule has 3 rings (SSSR count). The highest BCUT2D eigenvalue weighted by atomic mass is 16.5. The summed E-state index contributed by atoms with van der Waals surface area (Å²) >= 11 is 0. The van der Waals surface area contributed by atoms with Gasteiger partial charge in [0, 0.05) is 32.2 Å². The number of esters is 1. The molecule has 0 radical (unpaired) electrons. The second-order valence-corrected chi connectivity index (χ2v) is 5.36. The minimum atomic E-state index is -0.428. The molecule has 0 aromatic carbocycles. The standard InChI is InChI=1S/C14H20N4O2/c1-20-14(19)12-5-4-11(15)13(16-12)18-8-6-17(7-9-18)10-2-3-10/h4-5,10H,2-3,6-9,15H2,1H3. The molecule has 1 aliphatic carbocycles. The molecule has 1 saturated heterocycles. The number of ether oxygens (including phenoxy) is 1. The smallest absolute Gasteiger partial charge is 0.356 e. The van der Waals surface area contributed by atoms with Crippen molar-refractivity contribution < 1.29 is 9.53 Å². The van der Waals surface area contributed by atoms with Gasteiger partial charge < -0.3 is 15.4 Å². The van der Waals surface area contributed by atoms with Gasteiger partial charge in [0.15, 0.2) is 11.5 Å². The van der Waals surface area contributed by atoms with E-state index < -0.39 is 5.97 Å². The molecular weight excluding hydrogens is 256 g/mol. The third kappa shape index (κ3) is 2.56. The molecule has 1 saturated carbocycles. The Morgan fingerprint density at radius 3 is 2.60 bits per heavy atom. The summed E-state index contributed by atoms with van der Waals surface area (Å²) in [6, 6.07) is 4.12. The molecule has 1 aromatic heterocycles. The van der Waals surface area contributed by atoms with E-state index in [1.165, 1.54) is 20.0 Å². The van der Waals surface area contributed by atoms with Crippen LogP contribution in [0.4, 0.5) is 11.5 Å². The lowest BCUT2D eigenvalue weighted by Crippen LogP contribution is -2.47. The van der Waals surface area contributed by atoms with Crippen LogP contribution in [0.15, 0.2) is 12.1 Å². The van der Waals surface area contributed by atoms with Gasteiger partial charge in [-0.15, -0.1) is 0 Å². The normalized spacial score (nSPS) is 19.9. The van der Waals surface area contributed by atoms with Crippen LogP contribution in [0.5, 0.6) is 0 Å². The summed E-state index contributed by atoms with van der Waals surface area (Å²) in [5, 5.41) is 0. The zero-order valence-electron chi connectivity index (χ0n) is 11.7. The molecule has 2 N–H and O–H groups in total. The van der Waals surface area contributed by atoms with Crippen LogP contribution in [-0.2, 0) is 4.74 Å². The Bertz CT molecular complexity index is 508. The molecule has 6 nitrogen and oxygen atoms in total. The lowest BCUT2D eigenvalue weighted by Gasteiger charge is -2.36. The fraction of sp³-hybridized carbons (Fsp3) is 0.571. The Balaban J connectivity index is 1.74. The van der Waals surface area contributed by atoms with Gasteiger partial charge in [-0.1, -0.05) is 0 Å². The van der Waals surface area contributed by atoms with Gasteiger partial charge in [0.05, 0.1) is 12.8 Å². The first-order valence-corrected chi connectivity index (χ1v) is 7.03. The molecule has 0 spiro atoms. The van der Waals surface area contributed by atoms with Crippen molar-refractivity contribution in [3.8, 4) is 0 Å². The summed E-state index contributed by atoms with van der Waals surface area (Å²) in [4.78, 5) is 20.6. The summed E-state index contributed by atoms with van der Waals surface area (Å²) in [6.45, 7) is 3.87. The number of carbonyl (C=O) groups is 1. The van der Waals surface area contributed by atoms with E-state index in [2.05, 4.69) is 14.8 Å². The Morgan fingerprint density at radius 2 is 2.00 bits per heavy atom. The van der Waals surface area contributed by atoms with E-state index in [1.807, 2.05) is 0 Å². The van der Waals surface area contributed by atoms with E-state index in [4.69, 9.17) is 10.5 Å². The summed E-state index contributed by atoms with van der Waals surface area (Å²) in [5.41, 5.74) is 6.91. The maximum atomic E-state index is 11.6. The van der Waals surface area contributed by atoms with E-state index in [0.717, 1.165) is 32.2 Å². The SMILES string of the molecule is COC(=O)c1ccc(N)c(N2CCN(C3CC3)CC2)n1. The van der Waals surface area contributed by atoms with Crippen molar-refractivity contribution in [2.45, 2.75) is 18.9 Å². The lowest BCUT2D eigenvalue weighted by atomic mass is 10.2. The number of hydrogen-bond acceptors (Lipinski definition) is 6. The molecule has 0 unspecified atom stereocenters. The van der Waals surface area contributed by atoms with Crippen molar-refractivity contribution in [2.75, 3.05) is 43.9 Å². The summed E-state index contributed by atoms with van der Waals surface area (Å²) < 4.78 is 4.71. The molecule has 1 aliphatic heterocycles. The average molecular weight is 276 g/mol. The van der Waals surface area contributed by atoms with Gasteiger partial charge in [-0.05, 0) is 25.0 Å². The monoisotopic (exact) mass is 276 g/mol. The van der Waals surface area contributed by atoms with Crippen LogP contribution < -0.4 is 10.6 Å². The van der Waals surface area contributed by atoms with Crippen molar-refractivity contribution in [1.29, 1.82) is 0 Å². The molecule has 2 heterocycles. The van der Waals surface area contributed by atoms with Crippen LogP contribution in [0.3, 0.4) is 0 Å². The minimum Gasteiger partial charge on any atom is -0.464 e. The number of carbonyl (C=O) groups excluding carboxylic acids is 1. The second kappa shape index (κ2) is 5.28. The maximum absolute atomic E-state index is 11.6. The number of nitrogen functional groups attached to an aromatic ring is 1. The highest BCUT2D eigenvalue weighted by Crippen LogP contribution is 2.29. The van der Waals surface area contributed by atoms with Crippen LogP contribution in [0.1, 0.15) is 23.3 Å². The van der Waals surface area contributed by atoms with Crippen molar-refractivity contribution in [1.82, 2.24) is 9.88 Å². The van der Waals surface area contributed by atoms with E-state index in [0.29, 0.717) is 17.2 Å². The second-order valence-electron chi connectivity index (χ2n) is 5.36. The number of pyridine rings is 1. The summed E-state index contributed by atoms with van der Waals surface area (Å²) in [7, 11) is 1.36. The van der Waals surface area contributed by atoms with Crippen molar-refractivity contribution in [2.24, 2.45) is 0 Å². The van der Waals surface area contributed by atoms with Gasteiger partial charge >= 0.3 is 5.97 Å². The first-order valence-electron chi connectivity index (χ1n) is 7.03. The fourth-order valence-electron chi connectivity index (χ4n) is 2.67. The topological polar surface area (TPSA) is 71.7 Å².